The van der Waals surface area contributed by atoms with Gasteiger partial charge in [-0.3, -0.25) is 0 Å². The van der Waals surface area contributed by atoms with Crippen LogP contribution in [0.5, 0.6) is 0 Å². The van der Waals surface area contributed by atoms with Crippen LogP contribution in [-0.4, -0.2) is 0 Å². The molecular weight excluding hydrogens is 496 g/mol. The number of furan rings is 2. The van der Waals surface area contributed by atoms with Gasteiger partial charge in [0.2, 0.25) is 0 Å². The molecule has 0 atom stereocenters. The Balaban J connectivity index is 1.44. The van der Waals surface area contributed by atoms with Gasteiger partial charge in [0.15, 0.2) is 0 Å². The second-order valence-corrected chi connectivity index (χ2v) is 9.83. The first-order valence-electron chi connectivity index (χ1n) is 11.6. The highest BCUT2D eigenvalue weighted by Crippen LogP contribution is 2.43. The minimum Gasteiger partial charge on any atom is -0.456 e. The van der Waals surface area contributed by atoms with Gasteiger partial charge in [-0.15, -0.1) is 0 Å². The van der Waals surface area contributed by atoms with Gasteiger partial charge in [-0.1, -0.05) is 72.8 Å². The highest BCUT2D eigenvalue weighted by atomic mass is 79.9. The first kappa shape index (κ1) is 19.2. The summed E-state index contributed by atoms with van der Waals surface area (Å²) >= 11 is 3.86. The Hall–Kier alpha value is -4.08. The topological polar surface area (TPSA) is 26.3 Å². The van der Waals surface area contributed by atoms with Gasteiger partial charge < -0.3 is 8.83 Å². The fourth-order valence-corrected chi connectivity index (χ4v) is 6.23. The molecule has 3 heteroatoms. The first-order chi connectivity index (χ1) is 17.3. The Morgan fingerprint density at radius 2 is 0.914 bits per heavy atom. The summed E-state index contributed by atoms with van der Waals surface area (Å²) in [5.74, 6) is 0. The summed E-state index contributed by atoms with van der Waals surface area (Å²) < 4.78 is 13.6. The molecule has 8 aromatic rings. The van der Waals surface area contributed by atoms with Crippen molar-refractivity contribution in [3.63, 3.8) is 0 Å². The Morgan fingerprint density at radius 3 is 1.60 bits per heavy atom. The minimum absolute atomic E-state index is 0.842. The lowest BCUT2D eigenvalue weighted by Gasteiger charge is -2.14. The summed E-state index contributed by atoms with van der Waals surface area (Å²) in [5.41, 5.74) is 5.84. The van der Waals surface area contributed by atoms with Crippen molar-refractivity contribution in [1.29, 1.82) is 0 Å². The maximum atomic E-state index is 6.40. The number of halogens is 1. The highest BCUT2D eigenvalue weighted by Gasteiger charge is 2.17. The summed E-state index contributed by atoms with van der Waals surface area (Å²) in [6.45, 7) is 0. The fraction of sp³-hybridized carbons (Fsp3) is 0. The predicted octanol–water partition coefficient (Wildman–Crippen LogP) is 10.2. The van der Waals surface area contributed by atoms with Gasteiger partial charge in [0.05, 0.1) is 0 Å². The molecule has 2 nitrogen and oxygen atoms in total. The van der Waals surface area contributed by atoms with Crippen LogP contribution in [0.3, 0.4) is 0 Å². The molecule has 0 aliphatic heterocycles. The number of benzene rings is 6. The van der Waals surface area contributed by atoms with Gasteiger partial charge in [0.1, 0.15) is 22.3 Å². The summed E-state index contributed by atoms with van der Waals surface area (Å²) in [7, 11) is 0. The van der Waals surface area contributed by atoms with Crippen LogP contribution in [0.4, 0.5) is 0 Å². The third-order valence-corrected chi connectivity index (χ3v) is 7.98. The van der Waals surface area contributed by atoms with E-state index in [0.29, 0.717) is 0 Å². The van der Waals surface area contributed by atoms with Crippen LogP contribution in [0.2, 0.25) is 0 Å². The van der Waals surface area contributed by atoms with Crippen LogP contribution in [0, 0.1) is 0 Å². The van der Waals surface area contributed by atoms with Crippen LogP contribution in [0.25, 0.3) is 76.5 Å². The SMILES string of the molecule is Brc1c2ccccc2c(-c2ccc3c(c2)oc2cc4oc5ccccc5c4cc23)c2ccccc12. The molecule has 6 aromatic carbocycles. The van der Waals surface area contributed by atoms with Gasteiger partial charge in [-0.05, 0) is 72.9 Å². The standard InChI is InChI=1S/C32H17BrO2/c33-32-23-10-3-1-8-21(23)31(22-9-2-4-11-24(22)32)18-13-14-20-26-16-25-19-7-5-6-12-27(19)34-29(25)17-30(26)35-28(20)15-18/h1-17H. The smallest absolute Gasteiger partial charge is 0.139 e. The minimum atomic E-state index is 0.842. The summed E-state index contributed by atoms with van der Waals surface area (Å²) in [6.07, 6.45) is 0. The third-order valence-electron chi connectivity index (χ3n) is 7.13. The second-order valence-electron chi connectivity index (χ2n) is 9.04. The monoisotopic (exact) mass is 512 g/mol. The van der Waals surface area contributed by atoms with Crippen molar-refractivity contribution >= 4 is 81.4 Å². The van der Waals surface area contributed by atoms with Crippen molar-refractivity contribution < 1.29 is 8.83 Å². The van der Waals surface area contributed by atoms with Crippen LogP contribution in [0.1, 0.15) is 0 Å². The van der Waals surface area contributed by atoms with Gasteiger partial charge in [-0.2, -0.15) is 0 Å². The molecule has 2 aromatic heterocycles. The van der Waals surface area contributed by atoms with Crippen molar-refractivity contribution in [2.24, 2.45) is 0 Å². The highest BCUT2D eigenvalue weighted by molar-refractivity contribution is 9.10. The molecule has 0 fully saturated rings. The van der Waals surface area contributed by atoms with E-state index in [1.54, 1.807) is 0 Å². The molecule has 0 unspecified atom stereocenters. The van der Waals surface area contributed by atoms with E-state index in [1.165, 1.54) is 27.1 Å². The Bertz CT molecular complexity index is 2070. The number of hydrogen-bond acceptors (Lipinski definition) is 2. The molecule has 0 saturated carbocycles. The maximum absolute atomic E-state index is 6.40. The number of rotatable bonds is 1. The first-order valence-corrected chi connectivity index (χ1v) is 12.4. The molecule has 0 bridgehead atoms. The quantitative estimate of drug-likeness (QED) is 0.204. The summed E-state index contributed by atoms with van der Waals surface area (Å²) in [6, 6.07) is 36.1. The molecule has 2 heterocycles. The molecule has 35 heavy (non-hydrogen) atoms. The molecule has 0 radical (unpaired) electrons. The van der Waals surface area contributed by atoms with Crippen molar-refractivity contribution in [2.45, 2.75) is 0 Å². The largest absolute Gasteiger partial charge is 0.456 e. The van der Waals surface area contributed by atoms with Gasteiger partial charge >= 0.3 is 0 Å². The Kier molecular flexibility index (Phi) is 3.83. The molecule has 0 saturated heterocycles. The molecule has 0 aliphatic carbocycles. The van der Waals surface area contributed by atoms with Crippen molar-refractivity contribution in [3.05, 3.63) is 108 Å². The fourth-order valence-electron chi connectivity index (χ4n) is 5.54. The average Bonchev–Trinajstić information content (AvgIpc) is 3.44. The molecule has 0 aliphatic rings. The molecule has 0 spiro atoms. The lowest BCUT2D eigenvalue weighted by atomic mass is 9.91. The molecule has 0 amide bonds. The second kappa shape index (κ2) is 6.97. The Morgan fingerprint density at radius 1 is 0.400 bits per heavy atom. The van der Waals surface area contributed by atoms with Crippen molar-refractivity contribution in [1.82, 2.24) is 0 Å². The van der Waals surface area contributed by atoms with E-state index >= 15 is 0 Å². The molecule has 0 N–H and O–H groups in total. The lowest BCUT2D eigenvalue weighted by Crippen LogP contribution is -1.87. The average molecular weight is 513 g/mol. The zero-order chi connectivity index (χ0) is 23.1. The molecular formula is C32H17BrO2. The van der Waals surface area contributed by atoms with Crippen LogP contribution < -0.4 is 0 Å². The van der Waals surface area contributed by atoms with Gasteiger partial charge in [0, 0.05) is 32.1 Å². The number of hydrogen-bond donors (Lipinski definition) is 0. The van der Waals surface area contributed by atoms with E-state index in [0.717, 1.165) is 53.9 Å². The van der Waals surface area contributed by atoms with E-state index in [1.807, 2.05) is 24.3 Å². The normalized spacial score (nSPS) is 12.1. The molecule has 8 rings (SSSR count). The van der Waals surface area contributed by atoms with Crippen LogP contribution in [-0.2, 0) is 0 Å². The van der Waals surface area contributed by atoms with Gasteiger partial charge in [0.25, 0.3) is 0 Å². The predicted molar refractivity (Wildman–Crippen MR) is 149 cm³/mol. The third kappa shape index (κ3) is 2.64. The summed E-state index contributed by atoms with van der Waals surface area (Å²) in [4.78, 5) is 0. The zero-order valence-corrected chi connectivity index (χ0v) is 20.1. The lowest BCUT2D eigenvalue weighted by molar-refractivity contribution is 0.656. The van der Waals surface area contributed by atoms with Crippen molar-refractivity contribution in [3.8, 4) is 11.1 Å². The van der Waals surface area contributed by atoms with E-state index in [9.17, 15) is 0 Å². The van der Waals surface area contributed by atoms with E-state index < -0.39 is 0 Å². The summed E-state index contributed by atoms with van der Waals surface area (Å²) in [5, 5.41) is 9.32. The zero-order valence-electron chi connectivity index (χ0n) is 18.5. The van der Waals surface area contributed by atoms with Crippen LogP contribution >= 0.6 is 15.9 Å². The number of fused-ring (bicyclic) bond motifs is 8. The number of para-hydroxylation sites is 1. The van der Waals surface area contributed by atoms with Crippen LogP contribution in [0.15, 0.2) is 116 Å². The maximum Gasteiger partial charge on any atom is 0.139 e. The van der Waals surface area contributed by atoms with E-state index in [4.69, 9.17) is 8.83 Å². The van der Waals surface area contributed by atoms with E-state index in [2.05, 4.69) is 94.8 Å². The Labute approximate surface area is 208 Å². The van der Waals surface area contributed by atoms with Gasteiger partial charge in [-0.25, -0.2) is 0 Å². The molecule has 164 valence electrons. The van der Waals surface area contributed by atoms with E-state index in [-0.39, 0.29) is 0 Å². The van der Waals surface area contributed by atoms with Crippen molar-refractivity contribution in [2.75, 3.05) is 0 Å².